The topological polar surface area (TPSA) is 74.0 Å². The lowest BCUT2D eigenvalue weighted by atomic mass is 10.1. The van der Waals surface area contributed by atoms with Gasteiger partial charge in [-0.25, -0.2) is 4.79 Å². The number of amides is 1. The molecule has 5 rings (SSSR count). The molecule has 6 nitrogen and oxygen atoms in total. The van der Waals surface area contributed by atoms with Crippen LogP contribution in [0, 0.1) is 0 Å². The number of aromatic amines is 2. The van der Waals surface area contributed by atoms with Crippen molar-refractivity contribution in [3.8, 4) is 11.4 Å². The zero-order chi connectivity index (χ0) is 17.0. The number of H-pyrrole nitrogens is 2. The van der Waals surface area contributed by atoms with E-state index in [2.05, 4.69) is 15.2 Å². The van der Waals surface area contributed by atoms with Crippen LogP contribution in [0.2, 0.25) is 5.02 Å². The molecule has 0 radical (unpaired) electrons. The van der Waals surface area contributed by atoms with Crippen LogP contribution in [0.3, 0.4) is 0 Å². The first-order chi connectivity index (χ1) is 12.2. The zero-order valence-corrected chi connectivity index (χ0v) is 13.8. The number of cyclic esters (lactones) is 1. The first-order valence-corrected chi connectivity index (χ1v) is 8.28. The molecule has 0 saturated carbocycles. The second-order valence-electron chi connectivity index (χ2n) is 5.98. The number of ether oxygens (including phenoxy) is 1. The quantitative estimate of drug-likeness (QED) is 0.564. The van der Waals surface area contributed by atoms with E-state index in [1.54, 1.807) is 4.90 Å². The summed E-state index contributed by atoms with van der Waals surface area (Å²) in [6.07, 6.45) is -0.315. The van der Waals surface area contributed by atoms with E-state index in [-0.39, 0.29) is 6.09 Å². The van der Waals surface area contributed by atoms with Crippen molar-refractivity contribution in [3.63, 3.8) is 0 Å². The monoisotopic (exact) mass is 352 g/mol. The molecule has 124 valence electrons. The van der Waals surface area contributed by atoms with Gasteiger partial charge >= 0.3 is 6.09 Å². The highest BCUT2D eigenvalue weighted by atomic mass is 35.5. The highest BCUT2D eigenvalue weighted by molar-refractivity contribution is 6.31. The Hall–Kier alpha value is -2.99. The Balaban J connectivity index is 1.65. The summed E-state index contributed by atoms with van der Waals surface area (Å²) in [4.78, 5) is 16.8. The molecule has 25 heavy (non-hydrogen) atoms. The van der Waals surface area contributed by atoms with Crippen LogP contribution in [0.4, 0.5) is 10.5 Å². The molecule has 0 atom stereocenters. The number of nitrogens with one attached hydrogen (secondary N) is 2. The van der Waals surface area contributed by atoms with Crippen LogP contribution in [-0.2, 0) is 4.74 Å². The SMILES string of the molecule is O=C1OCCN1c1ccc2[nH]nc(-c3cc4cc(Cl)ccc4[nH]3)c2c1. The Kier molecular flexibility index (Phi) is 3.02. The molecule has 2 N–H and O–H groups in total. The van der Waals surface area contributed by atoms with E-state index in [1.807, 2.05) is 42.5 Å². The van der Waals surface area contributed by atoms with Gasteiger partial charge in [0.25, 0.3) is 0 Å². The van der Waals surface area contributed by atoms with Gasteiger partial charge in [-0.15, -0.1) is 0 Å². The lowest BCUT2D eigenvalue weighted by Crippen LogP contribution is -2.23. The molecular weight excluding hydrogens is 340 g/mol. The van der Waals surface area contributed by atoms with E-state index in [0.29, 0.717) is 18.2 Å². The average Bonchev–Trinajstić information content (AvgIpc) is 3.30. The normalized spacial score (nSPS) is 14.6. The Bertz CT molecular complexity index is 1130. The summed E-state index contributed by atoms with van der Waals surface area (Å²) in [5.41, 5.74) is 4.40. The number of rotatable bonds is 2. The van der Waals surface area contributed by atoms with Crippen LogP contribution in [0.25, 0.3) is 33.2 Å². The Morgan fingerprint density at radius 2 is 2.00 bits per heavy atom. The fourth-order valence-electron chi connectivity index (χ4n) is 3.23. The van der Waals surface area contributed by atoms with Crippen molar-refractivity contribution in [3.05, 3.63) is 47.5 Å². The molecule has 0 unspecified atom stereocenters. The van der Waals surface area contributed by atoms with E-state index >= 15 is 0 Å². The molecule has 4 aromatic rings. The van der Waals surface area contributed by atoms with E-state index in [1.165, 1.54) is 0 Å². The van der Waals surface area contributed by atoms with Crippen LogP contribution < -0.4 is 4.90 Å². The largest absolute Gasteiger partial charge is 0.447 e. The summed E-state index contributed by atoms with van der Waals surface area (Å²) in [5.74, 6) is 0. The molecule has 0 spiro atoms. The molecule has 1 aliphatic heterocycles. The number of nitrogens with zero attached hydrogens (tertiary/aromatic N) is 2. The number of carbonyl (C=O) groups is 1. The number of carbonyl (C=O) groups excluding carboxylic acids is 1. The number of fused-ring (bicyclic) bond motifs is 2. The van der Waals surface area contributed by atoms with Gasteiger partial charge in [0, 0.05) is 27.0 Å². The summed E-state index contributed by atoms with van der Waals surface area (Å²) in [5, 5.41) is 10.1. The van der Waals surface area contributed by atoms with Gasteiger partial charge in [-0.2, -0.15) is 5.10 Å². The molecule has 1 saturated heterocycles. The van der Waals surface area contributed by atoms with Crippen molar-refractivity contribution in [2.24, 2.45) is 0 Å². The second kappa shape index (κ2) is 5.26. The molecule has 2 aromatic heterocycles. The van der Waals surface area contributed by atoms with Crippen molar-refractivity contribution in [1.29, 1.82) is 0 Å². The number of benzene rings is 2. The number of hydrogen-bond acceptors (Lipinski definition) is 3. The third-order valence-electron chi connectivity index (χ3n) is 4.46. The minimum absolute atomic E-state index is 0.315. The fraction of sp³-hybridized carbons (Fsp3) is 0.111. The van der Waals surface area contributed by atoms with Gasteiger partial charge in [0.05, 0.1) is 17.8 Å². The third-order valence-corrected chi connectivity index (χ3v) is 4.69. The minimum atomic E-state index is -0.315. The maximum atomic E-state index is 11.8. The average molecular weight is 353 g/mol. The highest BCUT2D eigenvalue weighted by Crippen LogP contribution is 2.32. The van der Waals surface area contributed by atoms with Crippen LogP contribution in [0.5, 0.6) is 0 Å². The molecule has 2 aromatic carbocycles. The summed E-state index contributed by atoms with van der Waals surface area (Å²) in [6.45, 7) is 0.973. The van der Waals surface area contributed by atoms with E-state index in [0.717, 1.165) is 38.9 Å². The molecule has 1 amide bonds. The Labute approximate surface area is 147 Å². The van der Waals surface area contributed by atoms with Crippen LogP contribution >= 0.6 is 11.6 Å². The van der Waals surface area contributed by atoms with E-state index in [4.69, 9.17) is 16.3 Å². The van der Waals surface area contributed by atoms with Gasteiger partial charge in [0.15, 0.2) is 0 Å². The second-order valence-corrected chi connectivity index (χ2v) is 6.42. The van der Waals surface area contributed by atoms with Crippen LogP contribution in [-0.4, -0.2) is 34.4 Å². The van der Waals surface area contributed by atoms with Gasteiger partial charge < -0.3 is 9.72 Å². The van der Waals surface area contributed by atoms with Crippen LogP contribution in [0.15, 0.2) is 42.5 Å². The maximum Gasteiger partial charge on any atom is 0.414 e. The zero-order valence-electron chi connectivity index (χ0n) is 13.0. The van der Waals surface area contributed by atoms with Gasteiger partial charge in [0.2, 0.25) is 0 Å². The standard InChI is InChI=1S/C18H13ClN4O2/c19-11-1-3-14-10(7-11)8-16(20-14)17-13-9-12(2-4-15(13)21-22-17)23-5-6-25-18(23)24/h1-4,7-9,20H,5-6H2,(H,21,22). The van der Waals surface area contributed by atoms with Crippen LogP contribution in [0.1, 0.15) is 0 Å². The third kappa shape index (κ3) is 2.26. The minimum Gasteiger partial charge on any atom is -0.447 e. The number of anilines is 1. The Morgan fingerprint density at radius 1 is 1.12 bits per heavy atom. The van der Waals surface area contributed by atoms with Crippen molar-refractivity contribution < 1.29 is 9.53 Å². The Morgan fingerprint density at radius 3 is 2.84 bits per heavy atom. The summed E-state index contributed by atoms with van der Waals surface area (Å²) in [6, 6.07) is 13.5. The molecule has 1 aliphatic rings. The summed E-state index contributed by atoms with van der Waals surface area (Å²) in [7, 11) is 0. The van der Waals surface area contributed by atoms with Gasteiger partial charge in [-0.05, 0) is 42.5 Å². The maximum absolute atomic E-state index is 11.8. The molecular formula is C18H13ClN4O2. The highest BCUT2D eigenvalue weighted by Gasteiger charge is 2.24. The van der Waals surface area contributed by atoms with Crippen molar-refractivity contribution in [2.75, 3.05) is 18.1 Å². The van der Waals surface area contributed by atoms with Crippen molar-refractivity contribution in [2.45, 2.75) is 0 Å². The van der Waals surface area contributed by atoms with Gasteiger partial charge in [-0.3, -0.25) is 10.00 Å². The molecule has 0 bridgehead atoms. The predicted octanol–water partition coefficient (Wildman–Crippen LogP) is 4.32. The van der Waals surface area contributed by atoms with Gasteiger partial charge in [0.1, 0.15) is 12.3 Å². The number of aromatic nitrogens is 3. The summed E-state index contributed by atoms with van der Waals surface area (Å²) < 4.78 is 5.02. The first kappa shape index (κ1) is 14.4. The fourth-order valence-corrected chi connectivity index (χ4v) is 3.41. The van der Waals surface area contributed by atoms with Crippen molar-refractivity contribution >= 4 is 45.2 Å². The van der Waals surface area contributed by atoms with Crippen molar-refractivity contribution in [1.82, 2.24) is 15.2 Å². The smallest absolute Gasteiger partial charge is 0.414 e. The summed E-state index contributed by atoms with van der Waals surface area (Å²) >= 11 is 6.07. The first-order valence-electron chi connectivity index (χ1n) is 7.90. The van der Waals surface area contributed by atoms with E-state index in [9.17, 15) is 4.79 Å². The number of hydrogen-bond donors (Lipinski definition) is 2. The van der Waals surface area contributed by atoms with Gasteiger partial charge in [-0.1, -0.05) is 11.6 Å². The molecule has 3 heterocycles. The molecule has 1 fully saturated rings. The predicted molar refractivity (Wildman–Crippen MR) is 97.1 cm³/mol. The lowest BCUT2D eigenvalue weighted by molar-refractivity contribution is 0.181. The lowest BCUT2D eigenvalue weighted by Gasteiger charge is -2.12. The molecule has 7 heteroatoms. The van der Waals surface area contributed by atoms with E-state index < -0.39 is 0 Å². The number of halogens is 1. The molecule has 0 aliphatic carbocycles.